The van der Waals surface area contributed by atoms with Crippen LogP contribution in [0.15, 0.2) is 36.4 Å². The van der Waals surface area contributed by atoms with Crippen molar-refractivity contribution < 1.29 is 23.4 Å². The summed E-state index contributed by atoms with van der Waals surface area (Å²) in [5.74, 6) is -2.20. The third-order valence-corrected chi connectivity index (χ3v) is 2.76. The molecule has 2 aromatic carbocycles. The molecule has 0 saturated heterocycles. The van der Waals surface area contributed by atoms with Gasteiger partial charge >= 0.3 is 5.97 Å². The van der Waals surface area contributed by atoms with E-state index in [9.17, 15) is 13.6 Å². The first-order chi connectivity index (χ1) is 9.47. The number of aromatic carboxylic acids is 1. The molecule has 3 nitrogen and oxygen atoms in total. The van der Waals surface area contributed by atoms with Crippen molar-refractivity contribution in [3.05, 3.63) is 64.7 Å². The van der Waals surface area contributed by atoms with Gasteiger partial charge in [0.15, 0.2) is 0 Å². The Morgan fingerprint density at radius 1 is 1.20 bits per heavy atom. The third kappa shape index (κ3) is 3.12. The van der Waals surface area contributed by atoms with Gasteiger partial charge in [0.1, 0.15) is 29.6 Å². The van der Waals surface area contributed by atoms with Gasteiger partial charge in [-0.3, -0.25) is 0 Å². The van der Waals surface area contributed by atoms with Crippen molar-refractivity contribution in [2.45, 2.75) is 13.5 Å². The van der Waals surface area contributed by atoms with E-state index >= 15 is 0 Å². The zero-order valence-corrected chi connectivity index (χ0v) is 10.7. The number of hydrogen-bond acceptors (Lipinski definition) is 2. The van der Waals surface area contributed by atoms with Gasteiger partial charge in [-0.05, 0) is 37.3 Å². The molecule has 2 rings (SSSR count). The number of halogens is 2. The van der Waals surface area contributed by atoms with E-state index in [0.717, 1.165) is 23.8 Å². The Balaban J connectivity index is 2.23. The van der Waals surface area contributed by atoms with Crippen LogP contribution in [0, 0.1) is 18.6 Å². The minimum atomic E-state index is -1.14. The van der Waals surface area contributed by atoms with Gasteiger partial charge in [0, 0.05) is 5.56 Å². The Bertz CT molecular complexity index is 654. The molecule has 5 heteroatoms. The minimum Gasteiger partial charge on any atom is -0.488 e. The normalized spacial score (nSPS) is 10.3. The van der Waals surface area contributed by atoms with Crippen LogP contribution in [0.5, 0.6) is 5.75 Å². The van der Waals surface area contributed by atoms with E-state index < -0.39 is 17.6 Å². The maximum Gasteiger partial charge on any atom is 0.339 e. The molecule has 0 unspecified atom stereocenters. The second-order valence-electron chi connectivity index (χ2n) is 4.33. The van der Waals surface area contributed by atoms with Gasteiger partial charge in [0.05, 0.1) is 0 Å². The molecule has 104 valence electrons. The average Bonchev–Trinajstić information content (AvgIpc) is 2.40. The number of carboxylic acid groups (broad SMARTS) is 1. The number of ether oxygens (including phenoxy) is 1. The fourth-order valence-corrected chi connectivity index (χ4v) is 1.75. The van der Waals surface area contributed by atoms with Gasteiger partial charge in [-0.15, -0.1) is 0 Å². The summed E-state index contributed by atoms with van der Waals surface area (Å²) < 4.78 is 31.7. The molecule has 0 aliphatic heterocycles. The topological polar surface area (TPSA) is 46.5 Å². The summed E-state index contributed by atoms with van der Waals surface area (Å²) >= 11 is 0. The molecule has 0 bridgehead atoms. The molecule has 1 N–H and O–H groups in total. The zero-order chi connectivity index (χ0) is 14.7. The van der Waals surface area contributed by atoms with E-state index in [0.29, 0.717) is 0 Å². The van der Waals surface area contributed by atoms with Crippen molar-refractivity contribution in [1.82, 2.24) is 0 Å². The Kier molecular flexibility index (Phi) is 3.98. The van der Waals surface area contributed by atoms with E-state index in [-0.39, 0.29) is 23.5 Å². The summed E-state index contributed by atoms with van der Waals surface area (Å²) in [5.41, 5.74) is 0.787. The van der Waals surface area contributed by atoms with Gasteiger partial charge in [-0.1, -0.05) is 11.6 Å². The highest BCUT2D eigenvalue weighted by Crippen LogP contribution is 2.22. The van der Waals surface area contributed by atoms with E-state index in [1.54, 1.807) is 13.0 Å². The molecule has 2 aromatic rings. The average molecular weight is 278 g/mol. The predicted octanol–water partition coefficient (Wildman–Crippen LogP) is 3.55. The highest BCUT2D eigenvalue weighted by Gasteiger charge is 2.12. The van der Waals surface area contributed by atoms with Gasteiger partial charge in [0.2, 0.25) is 0 Å². The Morgan fingerprint density at radius 2 is 1.95 bits per heavy atom. The van der Waals surface area contributed by atoms with Crippen molar-refractivity contribution in [3.8, 4) is 5.75 Å². The highest BCUT2D eigenvalue weighted by atomic mass is 19.1. The lowest BCUT2D eigenvalue weighted by Crippen LogP contribution is -2.05. The zero-order valence-electron chi connectivity index (χ0n) is 10.7. The van der Waals surface area contributed by atoms with Crippen LogP contribution in [0.4, 0.5) is 8.78 Å². The van der Waals surface area contributed by atoms with Gasteiger partial charge in [-0.2, -0.15) is 0 Å². The van der Waals surface area contributed by atoms with Crippen LogP contribution in [0.25, 0.3) is 0 Å². The molecule has 20 heavy (non-hydrogen) atoms. The first-order valence-corrected chi connectivity index (χ1v) is 5.88. The van der Waals surface area contributed by atoms with E-state index in [2.05, 4.69) is 0 Å². The first kappa shape index (κ1) is 14.0. The van der Waals surface area contributed by atoms with Crippen molar-refractivity contribution in [1.29, 1.82) is 0 Å². The predicted molar refractivity (Wildman–Crippen MR) is 68.8 cm³/mol. The number of hydrogen-bond donors (Lipinski definition) is 1. The molecule has 0 fully saturated rings. The van der Waals surface area contributed by atoms with Crippen LogP contribution in [-0.2, 0) is 6.61 Å². The first-order valence-electron chi connectivity index (χ1n) is 5.88. The lowest BCUT2D eigenvalue weighted by atomic mass is 10.1. The van der Waals surface area contributed by atoms with Gasteiger partial charge in [0.25, 0.3) is 0 Å². The second-order valence-corrected chi connectivity index (χ2v) is 4.33. The molecule has 0 aromatic heterocycles. The molecule has 0 aliphatic rings. The van der Waals surface area contributed by atoms with Crippen LogP contribution in [0.3, 0.4) is 0 Å². The van der Waals surface area contributed by atoms with Gasteiger partial charge in [-0.25, -0.2) is 13.6 Å². The quantitative estimate of drug-likeness (QED) is 0.930. The fourth-order valence-electron chi connectivity index (χ4n) is 1.75. The second kappa shape index (κ2) is 5.69. The summed E-state index contributed by atoms with van der Waals surface area (Å²) in [6, 6.07) is 7.66. The fraction of sp³-hybridized carbons (Fsp3) is 0.133. The highest BCUT2D eigenvalue weighted by molar-refractivity contribution is 5.91. The van der Waals surface area contributed by atoms with Crippen LogP contribution >= 0.6 is 0 Å². The molecule has 0 amide bonds. The number of carbonyl (C=O) groups is 1. The monoisotopic (exact) mass is 278 g/mol. The molecule has 0 atom stereocenters. The lowest BCUT2D eigenvalue weighted by Gasteiger charge is -2.10. The third-order valence-electron chi connectivity index (χ3n) is 2.76. The molecule has 0 saturated carbocycles. The number of carboxylic acids is 1. The van der Waals surface area contributed by atoms with Crippen molar-refractivity contribution in [3.63, 3.8) is 0 Å². The molecule has 0 aliphatic carbocycles. The molecule has 0 radical (unpaired) electrons. The molecule has 0 spiro atoms. The summed E-state index contributed by atoms with van der Waals surface area (Å²) in [5, 5.41) is 9.07. The smallest absolute Gasteiger partial charge is 0.339 e. The summed E-state index contributed by atoms with van der Waals surface area (Å²) in [6.07, 6.45) is 0. The minimum absolute atomic E-state index is 0.0122. The summed E-state index contributed by atoms with van der Waals surface area (Å²) in [7, 11) is 0. The Labute approximate surface area is 114 Å². The Morgan fingerprint density at radius 3 is 2.65 bits per heavy atom. The largest absolute Gasteiger partial charge is 0.488 e. The summed E-state index contributed by atoms with van der Waals surface area (Å²) in [6.45, 7) is 1.51. The lowest BCUT2D eigenvalue weighted by molar-refractivity contribution is 0.0691. The number of rotatable bonds is 4. The van der Waals surface area contributed by atoms with Crippen molar-refractivity contribution >= 4 is 5.97 Å². The van der Waals surface area contributed by atoms with Gasteiger partial charge < -0.3 is 9.84 Å². The van der Waals surface area contributed by atoms with Crippen molar-refractivity contribution in [2.24, 2.45) is 0 Å². The molecule has 0 heterocycles. The van der Waals surface area contributed by atoms with E-state index in [1.807, 2.05) is 0 Å². The van der Waals surface area contributed by atoms with E-state index in [4.69, 9.17) is 9.84 Å². The standard InChI is InChI=1S/C15H12F2O3/c1-9-2-5-14(12(6-9)15(18)19)20-8-10-7-11(16)3-4-13(10)17/h2-7H,8H2,1H3,(H,18,19). The summed E-state index contributed by atoms with van der Waals surface area (Å²) in [4.78, 5) is 11.1. The maximum absolute atomic E-state index is 13.4. The molecular formula is C15H12F2O3. The number of aryl methyl sites for hydroxylation is 1. The van der Waals surface area contributed by atoms with Crippen LogP contribution < -0.4 is 4.74 Å². The van der Waals surface area contributed by atoms with Crippen molar-refractivity contribution in [2.75, 3.05) is 0 Å². The van der Waals surface area contributed by atoms with Crippen LogP contribution in [-0.4, -0.2) is 11.1 Å². The SMILES string of the molecule is Cc1ccc(OCc2cc(F)ccc2F)c(C(=O)O)c1. The maximum atomic E-state index is 13.4. The van der Waals surface area contributed by atoms with E-state index in [1.165, 1.54) is 12.1 Å². The van der Waals surface area contributed by atoms with Crippen LogP contribution in [0.2, 0.25) is 0 Å². The Hall–Kier alpha value is -2.43. The van der Waals surface area contributed by atoms with Crippen LogP contribution in [0.1, 0.15) is 21.5 Å². The molecular weight excluding hydrogens is 266 g/mol. The number of benzene rings is 2.